The van der Waals surface area contributed by atoms with E-state index in [1.807, 2.05) is 32.9 Å². The Morgan fingerprint density at radius 1 is 1.00 bits per heavy atom. The van der Waals surface area contributed by atoms with Gasteiger partial charge in [-0.15, -0.1) is 0 Å². The lowest BCUT2D eigenvalue weighted by Gasteiger charge is -2.22. The highest BCUT2D eigenvalue weighted by atomic mass is 16.2. The summed E-state index contributed by atoms with van der Waals surface area (Å²) >= 11 is 0. The topological polar surface area (TPSA) is 56.9 Å². The van der Waals surface area contributed by atoms with E-state index in [0.717, 1.165) is 5.52 Å². The van der Waals surface area contributed by atoms with E-state index in [2.05, 4.69) is 64.3 Å². The minimum Gasteiger partial charge on any atom is -0.361 e. The first kappa shape index (κ1) is 18.2. The maximum atomic E-state index is 12.2. The molecule has 3 N–H and O–H groups in total. The average Bonchev–Trinajstić information content (AvgIpc) is 3.06. The predicted molar refractivity (Wildman–Crippen MR) is 107 cm³/mol. The lowest BCUT2D eigenvalue weighted by Crippen LogP contribution is -2.45. The highest BCUT2D eigenvalue weighted by Gasteiger charge is 2.20. The first-order chi connectivity index (χ1) is 12.6. The van der Waals surface area contributed by atoms with Crippen LogP contribution in [-0.4, -0.2) is 29.5 Å². The van der Waals surface area contributed by atoms with Crippen molar-refractivity contribution in [2.75, 3.05) is 6.54 Å². The molecule has 0 spiro atoms. The number of benzene rings is 2. The number of para-hydroxylation sites is 1. The number of hydrogen-bond acceptors (Lipinski definition) is 2. The Bertz CT molecular complexity index is 854. The van der Waals surface area contributed by atoms with Gasteiger partial charge >= 0.3 is 0 Å². The van der Waals surface area contributed by atoms with E-state index in [-0.39, 0.29) is 23.9 Å². The van der Waals surface area contributed by atoms with Crippen LogP contribution in [0.5, 0.6) is 0 Å². The molecule has 1 aromatic heterocycles. The number of aromatic nitrogens is 1. The van der Waals surface area contributed by atoms with Gasteiger partial charge in [-0.3, -0.25) is 4.79 Å². The first-order valence-corrected chi connectivity index (χ1v) is 9.21. The molecule has 0 bridgehead atoms. The summed E-state index contributed by atoms with van der Waals surface area (Å²) in [5, 5.41) is 7.60. The van der Waals surface area contributed by atoms with E-state index < -0.39 is 0 Å². The summed E-state index contributed by atoms with van der Waals surface area (Å²) in [5.41, 5.74) is 3.62. The van der Waals surface area contributed by atoms with E-state index in [1.54, 1.807) is 0 Å². The zero-order chi connectivity index (χ0) is 18.5. The summed E-state index contributed by atoms with van der Waals surface area (Å²) in [4.78, 5) is 15.6. The minimum atomic E-state index is -0.242. The molecule has 0 saturated heterocycles. The van der Waals surface area contributed by atoms with Crippen LogP contribution in [0.2, 0.25) is 0 Å². The zero-order valence-electron chi connectivity index (χ0n) is 15.6. The Labute approximate surface area is 155 Å². The Morgan fingerprint density at radius 2 is 1.69 bits per heavy atom. The van der Waals surface area contributed by atoms with Gasteiger partial charge in [0.25, 0.3) is 0 Å². The van der Waals surface area contributed by atoms with Crippen molar-refractivity contribution >= 4 is 16.8 Å². The fourth-order valence-electron chi connectivity index (χ4n) is 3.27. The van der Waals surface area contributed by atoms with Gasteiger partial charge in [0.15, 0.2) is 0 Å². The highest BCUT2D eigenvalue weighted by Crippen LogP contribution is 2.30. The molecule has 0 aliphatic carbocycles. The second-order valence-corrected chi connectivity index (χ2v) is 7.05. The molecule has 136 valence electrons. The number of fused-ring (bicyclic) bond motifs is 1. The number of carbonyl (C=O) groups excluding carboxylic acids is 1. The summed E-state index contributed by atoms with van der Waals surface area (Å²) in [7, 11) is 0. The summed E-state index contributed by atoms with van der Waals surface area (Å²) in [6.45, 7) is 6.56. The summed E-state index contributed by atoms with van der Waals surface area (Å²) in [6.07, 6.45) is 2.09. The zero-order valence-corrected chi connectivity index (χ0v) is 15.6. The van der Waals surface area contributed by atoms with Crippen molar-refractivity contribution < 1.29 is 4.79 Å². The van der Waals surface area contributed by atoms with Gasteiger partial charge in [0, 0.05) is 35.6 Å². The van der Waals surface area contributed by atoms with Gasteiger partial charge in [-0.1, -0.05) is 48.5 Å². The molecule has 0 fully saturated rings. The molecule has 0 unspecified atom stereocenters. The normalized spacial score (nSPS) is 13.7. The van der Waals surface area contributed by atoms with E-state index in [0.29, 0.717) is 6.54 Å². The maximum Gasteiger partial charge on any atom is 0.237 e. The molecule has 0 saturated carbocycles. The molecule has 4 heteroatoms. The quantitative estimate of drug-likeness (QED) is 0.608. The number of H-pyrrole nitrogens is 1. The fourth-order valence-corrected chi connectivity index (χ4v) is 3.27. The molecule has 0 aliphatic heterocycles. The monoisotopic (exact) mass is 349 g/mol. The molecule has 0 aliphatic rings. The van der Waals surface area contributed by atoms with Gasteiger partial charge in [0.05, 0.1) is 6.04 Å². The van der Waals surface area contributed by atoms with Crippen molar-refractivity contribution in [3.8, 4) is 0 Å². The van der Waals surface area contributed by atoms with Crippen LogP contribution < -0.4 is 10.6 Å². The van der Waals surface area contributed by atoms with Crippen molar-refractivity contribution in [1.82, 2.24) is 15.6 Å². The Kier molecular flexibility index (Phi) is 5.74. The van der Waals surface area contributed by atoms with Gasteiger partial charge in [0.2, 0.25) is 5.91 Å². The second-order valence-electron chi connectivity index (χ2n) is 7.05. The smallest absolute Gasteiger partial charge is 0.237 e. The van der Waals surface area contributed by atoms with Gasteiger partial charge < -0.3 is 15.6 Å². The van der Waals surface area contributed by atoms with Crippen LogP contribution >= 0.6 is 0 Å². The second kappa shape index (κ2) is 8.19. The van der Waals surface area contributed by atoms with E-state index in [4.69, 9.17) is 0 Å². The Morgan fingerprint density at radius 3 is 2.42 bits per heavy atom. The van der Waals surface area contributed by atoms with Crippen LogP contribution in [-0.2, 0) is 4.79 Å². The molecule has 3 aromatic rings. The molecule has 2 aromatic carbocycles. The molecular formula is C22H27N3O. The van der Waals surface area contributed by atoms with Gasteiger partial charge in [0.1, 0.15) is 0 Å². The number of amides is 1. The average molecular weight is 349 g/mol. The summed E-state index contributed by atoms with van der Waals surface area (Å²) < 4.78 is 0. The molecule has 3 rings (SSSR count). The first-order valence-electron chi connectivity index (χ1n) is 9.21. The standard InChI is InChI=1S/C22H27N3O/c1-15(2)25-22(26)16(3)23-13-19(17-9-5-4-6-10-17)20-14-24-21-12-8-7-11-18(20)21/h4-12,14-16,19,23-24H,13H2,1-3H3,(H,25,26)/t16-,19+/m1/s1. The summed E-state index contributed by atoms with van der Waals surface area (Å²) in [5.74, 6) is 0.201. The van der Waals surface area contributed by atoms with Crippen LogP contribution in [0.15, 0.2) is 60.8 Å². The molecule has 0 radical (unpaired) electrons. The van der Waals surface area contributed by atoms with Crippen LogP contribution in [0.1, 0.15) is 37.8 Å². The van der Waals surface area contributed by atoms with Crippen LogP contribution in [0.4, 0.5) is 0 Å². The number of aromatic amines is 1. The fraction of sp³-hybridized carbons (Fsp3) is 0.318. The van der Waals surface area contributed by atoms with Crippen molar-refractivity contribution in [2.45, 2.75) is 38.8 Å². The molecule has 2 atom stereocenters. The minimum absolute atomic E-state index is 0.0331. The maximum absolute atomic E-state index is 12.2. The van der Waals surface area contributed by atoms with Crippen molar-refractivity contribution in [3.63, 3.8) is 0 Å². The largest absolute Gasteiger partial charge is 0.361 e. The number of carbonyl (C=O) groups is 1. The van der Waals surface area contributed by atoms with Crippen LogP contribution in [0, 0.1) is 0 Å². The number of nitrogens with one attached hydrogen (secondary N) is 3. The SMILES string of the molecule is CC(C)NC(=O)[C@@H](C)NC[C@@H](c1ccccc1)c1c[nH]c2ccccc12. The number of rotatable bonds is 7. The van der Waals surface area contributed by atoms with Crippen LogP contribution in [0.25, 0.3) is 10.9 Å². The van der Waals surface area contributed by atoms with Crippen molar-refractivity contribution in [1.29, 1.82) is 0 Å². The van der Waals surface area contributed by atoms with E-state index in [1.165, 1.54) is 16.5 Å². The molecule has 26 heavy (non-hydrogen) atoms. The molecular weight excluding hydrogens is 322 g/mol. The van der Waals surface area contributed by atoms with E-state index >= 15 is 0 Å². The van der Waals surface area contributed by atoms with Crippen molar-refractivity contribution in [3.05, 3.63) is 71.9 Å². The Hall–Kier alpha value is -2.59. The lowest BCUT2D eigenvalue weighted by atomic mass is 9.90. The lowest BCUT2D eigenvalue weighted by molar-refractivity contribution is -0.123. The number of hydrogen-bond donors (Lipinski definition) is 3. The molecule has 4 nitrogen and oxygen atoms in total. The highest BCUT2D eigenvalue weighted by molar-refractivity contribution is 5.84. The van der Waals surface area contributed by atoms with Gasteiger partial charge in [-0.2, -0.15) is 0 Å². The van der Waals surface area contributed by atoms with Gasteiger partial charge in [-0.25, -0.2) is 0 Å². The third-order valence-corrected chi connectivity index (χ3v) is 4.65. The third-order valence-electron chi connectivity index (χ3n) is 4.65. The van der Waals surface area contributed by atoms with Crippen molar-refractivity contribution in [2.24, 2.45) is 0 Å². The molecule has 1 amide bonds. The summed E-state index contributed by atoms with van der Waals surface area (Å²) in [6, 6.07) is 18.7. The Balaban J connectivity index is 1.84. The predicted octanol–water partition coefficient (Wildman–Crippen LogP) is 3.80. The molecule has 1 heterocycles. The third kappa shape index (κ3) is 4.14. The van der Waals surface area contributed by atoms with E-state index in [9.17, 15) is 4.79 Å². The van der Waals surface area contributed by atoms with Gasteiger partial charge in [-0.05, 0) is 38.0 Å². The van der Waals surface area contributed by atoms with Crippen LogP contribution in [0.3, 0.4) is 0 Å².